The maximum atomic E-state index is 11.8. The zero-order valence-electron chi connectivity index (χ0n) is 9.13. The summed E-state index contributed by atoms with van der Waals surface area (Å²) in [4.78, 5) is 0. The number of aliphatic hydroxyl groups is 1. The van der Waals surface area contributed by atoms with Gasteiger partial charge in [0.2, 0.25) is 10.0 Å². The zero-order chi connectivity index (χ0) is 11.8. The molecule has 0 radical (unpaired) electrons. The topological polar surface area (TPSA) is 57.6 Å². The van der Waals surface area contributed by atoms with Crippen LogP contribution in [0, 0.1) is 5.92 Å². The van der Waals surface area contributed by atoms with Crippen molar-refractivity contribution in [3.05, 3.63) is 29.8 Å². The number of aliphatic hydroxyl groups excluding tert-OH is 1. The number of rotatable bonds is 2. The van der Waals surface area contributed by atoms with E-state index in [4.69, 9.17) is 5.11 Å². The first kappa shape index (κ1) is 11.4. The first-order valence-electron chi connectivity index (χ1n) is 5.23. The third-order valence-electron chi connectivity index (χ3n) is 2.69. The minimum atomic E-state index is -3.16. The van der Waals surface area contributed by atoms with E-state index in [1.165, 1.54) is 4.31 Å². The summed E-state index contributed by atoms with van der Waals surface area (Å²) in [6.07, 6.45) is 0. The molecule has 1 heterocycles. The van der Waals surface area contributed by atoms with Gasteiger partial charge >= 0.3 is 0 Å². The maximum Gasteiger partial charge on any atom is 0.235 e. The second-order valence-electron chi connectivity index (χ2n) is 4.24. The van der Waals surface area contributed by atoms with Crippen LogP contribution in [0.5, 0.6) is 0 Å². The number of hydrogen-bond acceptors (Lipinski definition) is 3. The van der Waals surface area contributed by atoms with Gasteiger partial charge in [-0.3, -0.25) is 4.31 Å². The van der Waals surface area contributed by atoms with Crippen LogP contribution in [0.3, 0.4) is 0 Å². The van der Waals surface area contributed by atoms with Gasteiger partial charge < -0.3 is 5.11 Å². The third kappa shape index (κ3) is 2.05. The Balaban J connectivity index is 2.37. The fraction of sp³-hybridized carbons (Fsp3) is 0.455. The molecule has 1 aromatic rings. The van der Waals surface area contributed by atoms with Crippen LogP contribution in [0.2, 0.25) is 0 Å². The van der Waals surface area contributed by atoms with Crippen LogP contribution in [0.1, 0.15) is 12.5 Å². The van der Waals surface area contributed by atoms with E-state index in [0.717, 1.165) is 5.56 Å². The molecule has 1 aliphatic rings. The van der Waals surface area contributed by atoms with E-state index in [0.29, 0.717) is 12.2 Å². The molecule has 0 bridgehead atoms. The smallest absolute Gasteiger partial charge is 0.235 e. The lowest BCUT2D eigenvalue weighted by molar-refractivity contribution is 0.282. The summed E-state index contributed by atoms with van der Waals surface area (Å²) < 4.78 is 25.1. The third-order valence-corrected chi connectivity index (χ3v) is 4.71. The minimum absolute atomic E-state index is 0.0721. The van der Waals surface area contributed by atoms with Crippen LogP contribution in [0.4, 0.5) is 5.69 Å². The molecule has 0 spiro atoms. The average Bonchev–Trinajstić information content (AvgIpc) is 2.52. The van der Waals surface area contributed by atoms with Crippen molar-refractivity contribution in [1.29, 1.82) is 0 Å². The summed E-state index contributed by atoms with van der Waals surface area (Å²) in [7, 11) is -3.16. The molecular formula is C11H15NO3S. The van der Waals surface area contributed by atoms with Crippen molar-refractivity contribution in [2.24, 2.45) is 5.92 Å². The zero-order valence-corrected chi connectivity index (χ0v) is 9.94. The van der Waals surface area contributed by atoms with Crippen LogP contribution in [-0.2, 0) is 16.6 Å². The van der Waals surface area contributed by atoms with Crippen molar-refractivity contribution >= 4 is 15.7 Å². The van der Waals surface area contributed by atoms with E-state index in [-0.39, 0.29) is 18.3 Å². The SMILES string of the molecule is CC1CN(c2cccc(CO)c2)S(=O)(=O)C1. The molecule has 0 aromatic heterocycles. The van der Waals surface area contributed by atoms with Gasteiger partial charge in [-0.05, 0) is 23.6 Å². The second-order valence-corrected chi connectivity index (χ2v) is 6.18. The highest BCUT2D eigenvalue weighted by atomic mass is 32.2. The largest absolute Gasteiger partial charge is 0.392 e. The molecule has 1 aliphatic heterocycles. The lowest BCUT2D eigenvalue weighted by Gasteiger charge is -2.17. The Hall–Kier alpha value is -1.07. The molecule has 2 rings (SSSR count). The molecule has 5 heteroatoms. The van der Waals surface area contributed by atoms with E-state index in [2.05, 4.69) is 0 Å². The minimum Gasteiger partial charge on any atom is -0.392 e. The standard InChI is InChI=1S/C11H15NO3S/c1-9-6-12(16(14,15)8-9)11-4-2-3-10(5-11)7-13/h2-5,9,13H,6-8H2,1H3. The molecule has 1 N–H and O–H groups in total. The summed E-state index contributed by atoms with van der Waals surface area (Å²) in [6.45, 7) is 2.38. The summed E-state index contributed by atoms with van der Waals surface area (Å²) in [5.41, 5.74) is 1.38. The molecule has 1 atom stereocenters. The van der Waals surface area contributed by atoms with Gasteiger partial charge in [-0.25, -0.2) is 8.42 Å². The van der Waals surface area contributed by atoms with E-state index in [1.54, 1.807) is 24.3 Å². The van der Waals surface area contributed by atoms with Crippen molar-refractivity contribution in [2.75, 3.05) is 16.6 Å². The Kier molecular flexibility index (Phi) is 2.90. The molecule has 1 aromatic carbocycles. The fourth-order valence-electron chi connectivity index (χ4n) is 1.97. The van der Waals surface area contributed by atoms with E-state index in [1.807, 2.05) is 6.92 Å². The molecule has 0 aliphatic carbocycles. The molecule has 0 saturated carbocycles. The molecular weight excluding hydrogens is 226 g/mol. The highest BCUT2D eigenvalue weighted by Gasteiger charge is 2.33. The number of nitrogens with zero attached hydrogens (tertiary/aromatic N) is 1. The van der Waals surface area contributed by atoms with E-state index < -0.39 is 10.0 Å². The second kappa shape index (κ2) is 4.07. The summed E-state index contributed by atoms with van der Waals surface area (Å²) in [5, 5.41) is 9.02. The Morgan fingerprint density at radius 1 is 1.50 bits per heavy atom. The number of hydrogen-bond donors (Lipinski definition) is 1. The Morgan fingerprint density at radius 2 is 2.25 bits per heavy atom. The first-order valence-corrected chi connectivity index (χ1v) is 6.84. The molecule has 1 fully saturated rings. The number of anilines is 1. The molecule has 88 valence electrons. The predicted molar refractivity (Wildman–Crippen MR) is 62.7 cm³/mol. The van der Waals surface area contributed by atoms with Crippen molar-refractivity contribution in [3.63, 3.8) is 0 Å². The first-order chi connectivity index (χ1) is 7.53. The fourth-order valence-corrected chi connectivity index (χ4v) is 3.90. The predicted octanol–water partition coefficient (Wildman–Crippen LogP) is 0.965. The molecule has 1 saturated heterocycles. The average molecular weight is 241 g/mol. The van der Waals surface area contributed by atoms with Crippen molar-refractivity contribution in [3.8, 4) is 0 Å². The normalized spacial score (nSPS) is 23.6. The Bertz CT molecular complexity index is 484. The molecule has 16 heavy (non-hydrogen) atoms. The number of benzene rings is 1. The van der Waals surface area contributed by atoms with Crippen LogP contribution < -0.4 is 4.31 Å². The maximum absolute atomic E-state index is 11.8. The molecule has 1 unspecified atom stereocenters. The Labute approximate surface area is 95.6 Å². The van der Waals surface area contributed by atoms with Crippen molar-refractivity contribution < 1.29 is 13.5 Å². The van der Waals surface area contributed by atoms with Crippen LogP contribution >= 0.6 is 0 Å². The highest BCUT2D eigenvalue weighted by Crippen LogP contribution is 2.27. The van der Waals surface area contributed by atoms with E-state index >= 15 is 0 Å². The van der Waals surface area contributed by atoms with Gasteiger partial charge in [0.1, 0.15) is 0 Å². The lowest BCUT2D eigenvalue weighted by Crippen LogP contribution is -2.25. The monoisotopic (exact) mass is 241 g/mol. The van der Waals surface area contributed by atoms with Crippen LogP contribution in [0.25, 0.3) is 0 Å². The van der Waals surface area contributed by atoms with Gasteiger partial charge in [0, 0.05) is 6.54 Å². The van der Waals surface area contributed by atoms with Gasteiger partial charge in [0.15, 0.2) is 0 Å². The van der Waals surface area contributed by atoms with Gasteiger partial charge in [-0.2, -0.15) is 0 Å². The number of sulfonamides is 1. The Morgan fingerprint density at radius 3 is 2.81 bits per heavy atom. The van der Waals surface area contributed by atoms with Crippen LogP contribution in [-0.4, -0.2) is 25.8 Å². The lowest BCUT2D eigenvalue weighted by atomic mass is 10.2. The summed E-state index contributed by atoms with van der Waals surface area (Å²) in [6, 6.07) is 7.01. The summed E-state index contributed by atoms with van der Waals surface area (Å²) in [5.74, 6) is 0.360. The van der Waals surface area contributed by atoms with Gasteiger partial charge in [-0.1, -0.05) is 19.1 Å². The molecule has 4 nitrogen and oxygen atoms in total. The van der Waals surface area contributed by atoms with Gasteiger partial charge in [0.05, 0.1) is 18.0 Å². The van der Waals surface area contributed by atoms with Crippen LogP contribution in [0.15, 0.2) is 24.3 Å². The van der Waals surface area contributed by atoms with Gasteiger partial charge in [-0.15, -0.1) is 0 Å². The van der Waals surface area contributed by atoms with Crippen molar-refractivity contribution in [2.45, 2.75) is 13.5 Å². The van der Waals surface area contributed by atoms with Gasteiger partial charge in [0.25, 0.3) is 0 Å². The molecule has 0 amide bonds. The van der Waals surface area contributed by atoms with Crippen molar-refractivity contribution in [1.82, 2.24) is 0 Å². The highest BCUT2D eigenvalue weighted by molar-refractivity contribution is 7.93. The summed E-state index contributed by atoms with van der Waals surface area (Å²) >= 11 is 0. The quantitative estimate of drug-likeness (QED) is 0.839. The van der Waals surface area contributed by atoms with E-state index in [9.17, 15) is 8.42 Å².